The van der Waals surface area contributed by atoms with Crippen LogP contribution < -0.4 is 19.5 Å². The first kappa shape index (κ1) is 19.1. The lowest BCUT2D eigenvalue weighted by atomic mass is 10.1. The molecule has 3 aromatic carbocycles. The summed E-state index contributed by atoms with van der Waals surface area (Å²) in [7, 11) is 3.61. The minimum Gasteiger partial charge on any atom is -0.497 e. The first-order chi connectivity index (χ1) is 14.1. The zero-order valence-corrected chi connectivity index (χ0v) is 16.6. The quantitative estimate of drug-likeness (QED) is 0.668. The maximum Gasteiger partial charge on any atom is 0.234 e. The van der Waals surface area contributed by atoms with Gasteiger partial charge in [0.05, 0.1) is 13.7 Å². The van der Waals surface area contributed by atoms with Crippen LogP contribution in [-0.2, 0) is 17.9 Å². The summed E-state index contributed by atoms with van der Waals surface area (Å²) in [4.78, 5) is 14.3. The van der Waals surface area contributed by atoms with Gasteiger partial charge in [0.2, 0.25) is 12.7 Å². The molecule has 3 aromatic rings. The van der Waals surface area contributed by atoms with Gasteiger partial charge in [-0.05, 0) is 59.3 Å². The highest BCUT2D eigenvalue weighted by molar-refractivity contribution is 5.84. The number of rotatable bonds is 7. The van der Waals surface area contributed by atoms with Gasteiger partial charge < -0.3 is 19.5 Å². The van der Waals surface area contributed by atoms with Gasteiger partial charge in [0.15, 0.2) is 11.5 Å². The van der Waals surface area contributed by atoms with E-state index in [1.165, 1.54) is 0 Å². The van der Waals surface area contributed by atoms with Crippen molar-refractivity contribution in [2.24, 2.45) is 0 Å². The Hall–Kier alpha value is -3.25. The lowest BCUT2D eigenvalue weighted by molar-refractivity contribution is -0.122. The fourth-order valence-corrected chi connectivity index (χ4v) is 3.42. The molecule has 4 rings (SSSR count). The molecule has 0 radical (unpaired) electrons. The lowest BCUT2D eigenvalue weighted by Gasteiger charge is -2.17. The standard InChI is InChI=1S/C23H24N2O4/c1-25(13-17-3-5-19-11-20(27-2)7-6-18(19)9-17)14-23(26)24-12-16-4-8-21-22(10-16)29-15-28-21/h3-11H,12-15H2,1-2H3,(H,24,26). The number of methoxy groups -OCH3 is 1. The second-order valence-corrected chi connectivity index (χ2v) is 7.18. The first-order valence-electron chi connectivity index (χ1n) is 9.51. The highest BCUT2D eigenvalue weighted by Crippen LogP contribution is 2.32. The van der Waals surface area contributed by atoms with Gasteiger partial charge >= 0.3 is 0 Å². The van der Waals surface area contributed by atoms with Gasteiger partial charge in [-0.3, -0.25) is 9.69 Å². The molecule has 0 aliphatic carbocycles. The van der Waals surface area contributed by atoms with E-state index in [-0.39, 0.29) is 12.7 Å². The Morgan fingerprint density at radius 3 is 2.62 bits per heavy atom. The van der Waals surface area contributed by atoms with Crippen molar-refractivity contribution in [2.75, 3.05) is 27.5 Å². The maximum atomic E-state index is 12.3. The summed E-state index contributed by atoms with van der Waals surface area (Å²) >= 11 is 0. The molecule has 1 aliphatic rings. The summed E-state index contributed by atoms with van der Waals surface area (Å²) in [6.07, 6.45) is 0. The Morgan fingerprint density at radius 1 is 1.00 bits per heavy atom. The van der Waals surface area contributed by atoms with Gasteiger partial charge in [-0.25, -0.2) is 0 Å². The van der Waals surface area contributed by atoms with E-state index >= 15 is 0 Å². The molecule has 29 heavy (non-hydrogen) atoms. The summed E-state index contributed by atoms with van der Waals surface area (Å²) in [6, 6.07) is 18.0. The molecule has 1 N–H and O–H groups in total. The average Bonchev–Trinajstić information content (AvgIpc) is 3.19. The number of fused-ring (bicyclic) bond motifs is 2. The summed E-state index contributed by atoms with van der Waals surface area (Å²) in [5.74, 6) is 2.30. The number of nitrogens with one attached hydrogen (secondary N) is 1. The van der Waals surface area contributed by atoms with Gasteiger partial charge in [0, 0.05) is 13.1 Å². The molecule has 6 nitrogen and oxygen atoms in total. The van der Waals surface area contributed by atoms with Crippen LogP contribution in [0.15, 0.2) is 54.6 Å². The monoisotopic (exact) mass is 392 g/mol. The van der Waals surface area contributed by atoms with Crippen LogP contribution in [0.3, 0.4) is 0 Å². The number of carbonyl (C=O) groups is 1. The Balaban J connectivity index is 1.30. The molecule has 0 saturated heterocycles. The minimum absolute atomic E-state index is 0.0179. The molecule has 0 atom stereocenters. The summed E-state index contributed by atoms with van der Waals surface area (Å²) in [5, 5.41) is 5.25. The molecule has 1 aliphatic heterocycles. The first-order valence-corrected chi connectivity index (χ1v) is 9.51. The van der Waals surface area contributed by atoms with E-state index in [1.54, 1.807) is 7.11 Å². The molecular formula is C23H24N2O4. The fourth-order valence-electron chi connectivity index (χ4n) is 3.42. The van der Waals surface area contributed by atoms with E-state index in [0.29, 0.717) is 19.6 Å². The molecular weight excluding hydrogens is 368 g/mol. The smallest absolute Gasteiger partial charge is 0.234 e. The second kappa shape index (κ2) is 8.41. The molecule has 0 spiro atoms. The summed E-state index contributed by atoms with van der Waals surface area (Å²) in [5.41, 5.74) is 2.14. The largest absolute Gasteiger partial charge is 0.497 e. The molecule has 1 amide bonds. The molecule has 150 valence electrons. The third kappa shape index (κ3) is 4.60. The lowest BCUT2D eigenvalue weighted by Crippen LogP contribution is -2.34. The Bertz CT molecular complexity index is 1030. The van der Waals surface area contributed by atoms with Crippen LogP contribution >= 0.6 is 0 Å². The van der Waals surface area contributed by atoms with Crippen LogP contribution in [0.5, 0.6) is 17.2 Å². The number of benzene rings is 3. The van der Waals surface area contributed by atoms with Crippen LogP contribution in [0.2, 0.25) is 0 Å². The number of likely N-dealkylation sites (N-methyl/N-ethyl adjacent to an activating group) is 1. The number of ether oxygens (including phenoxy) is 3. The number of hydrogen-bond acceptors (Lipinski definition) is 5. The minimum atomic E-state index is -0.0179. The predicted octanol–water partition coefficient (Wildman–Crippen LogP) is 3.33. The van der Waals surface area contributed by atoms with Crippen molar-refractivity contribution in [2.45, 2.75) is 13.1 Å². The van der Waals surface area contributed by atoms with Gasteiger partial charge in [-0.15, -0.1) is 0 Å². The number of amides is 1. The zero-order valence-electron chi connectivity index (χ0n) is 16.6. The Kier molecular flexibility index (Phi) is 5.53. The van der Waals surface area contributed by atoms with Crippen molar-refractivity contribution in [3.8, 4) is 17.2 Å². The topological polar surface area (TPSA) is 60.0 Å². The maximum absolute atomic E-state index is 12.3. The van der Waals surface area contributed by atoms with Crippen molar-refractivity contribution < 1.29 is 19.0 Å². The average molecular weight is 392 g/mol. The Morgan fingerprint density at radius 2 is 1.76 bits per heavy atom. The molecule has 0 bridgehead atoms. The molecule has 0 fully saturated rings. The number of hydrogen-bond donors (Lipinski definition) is 1. The molecule has 0 saturated carbocycles. The van der Waals surface area contributed by atoms with E-state index in [2.05, 4.69) is 29.6 Å². The fraction of sp³-hybridized carbons (Fsp3) is 0.261. The van der Waals surface area contributed by atoms with Crippen molar-refractivity contribution >= 4 is 16.7 Å². The van der Waals surface area contributed by atoms with E-state index < -0.39 is 0 Å². The van der Waals surface area contributed by atoms with Gasteiger partial charge in [-0.1, -0.05) is 24.3 Å². The van der Waals surface area contributed by atoms with Gasteiger partial charge in [0.25, 0.3) is 0 Å². The van der Waals surface area contributed by atoms with E-state index in [4.69, 9.17) is 14.2 Å². The summed E-state index contributed by atoms with van der Waals surface area (Å²) in [6.45, 7) is 1.73. The van der Waals surface area contributed by atoms with Crippen molar-refractivity contribution in [3.05, 3.63) is 65.7 Å². The SMILES string of the molecule is COc1ccc2cc(CN(C)CC(=O)NCc3ccc4c(c3)OCO4)ccc2c1. The Labute approximate surface area is 170 Å². The molecule has 0 unspecified atom stereocenters. The van der Waals surface area contributed by atoms with E-state index in [0.717, 1.165) is 39.1 Å². The molecule has 6 heteroatoms. The number of carbonyl (C=O) groups excluding carboxylic acids is 1. The van der Waals surface area contributed by atoms with E-state index in [9.17, 15) is 4.79 Å². The van der Waals surface area contributed by atoms with Crippen molar-refractivity contribution in [1.29, 1.82) is 0 Å². The second-order valence-electron chi connectivity index (χ2n) is 7.18. The third-order valence-corrected chi connectivity index (χ3v) is 4.90. The van der Waals surface area contributed by atoms with Crippen molar-refractivity contribution in [3.63, 3.8) is 0 Å². The van der Waals surface area contributed by atoms with Crippen LogP contribution in [0.4, 0.5) is 0 Å². The van der Waals surface area contributed by atoms with Gasteiger partial charge in [0.1, 0.15) is 5.75 Å². The predicted molar refractivity (Wildman–Crippen MR) is 111 cm³/mol. The third-order valence-electron chi connectivity index (χ3n) is 4.90. The normalized spacial score (nSPS) is 12.4. The summed E-state index contributed by atoms with van der Waals surface area (Å²) < 4.78 is 15.9. The highest BCUT2D eigenvalue weighted by Gasteiger charge is 2.14. The molecule has 1 heterocycles. The van der Waals surface area contributed by atoms with Crippen LogP contribution in [0, 0.1) is 0 Å². The van der Waals surface area contributed by atoms with Crippen LogP contribution in [0.1, 0.15) is 11.1 Å². The van der Waals surface area contributed by atoms with E-state index in [1.807, 2.05) is 42.3 Å². The number of nitrogens with zero attached hydrogens (tertiary/aromatic N) is 1. The van der Waals surface area contributed by atoms with Crippen molar-refractivity contribution in [1.82, 2.24) is 10.2 Å². The van der Waals surface area contributed by atoms with Gasteiger partial charge in [-0.2, -0.15) is 0 Å². The van der Waals surface area contributed by atoms with Crippen LogP contribution in [-0.4, -0.2) is 38.3 Å². The molecule has 0 aromatic heterocycles. The van der Waals surface area contributed by atoms with Crippen LogP contribution in [0.25, 0.3) is 10.8 Å². The zero-order chi connectivity index (χ0) is 20.2. The highest BCUT2D eigenvalue weighted by atomic mass is 16.7.